The molecule has 356 valence electrons. The molecule has 0 radical (unpaired) electrons. The molecule has 0 amide bonds. The van der Waals surface area contributed by atoms with Gasteiger partial charge in [0.15, 0.2) is 16.6 Å². The van der Waals surface area contributed by atoms with Crippen LogP contribution in [0.5, 0.6) is 0 Å². The van der Waals surface area contributed by atoms with Gasteiger partial charge in [-0.15, -0.1) is 0 Å². The zero-order valence-electron chi connectivity index (χ0n) is 34.4. The molecular formula is C29H68N2O20S6Si2+2. The van der Waals surface area contributed by atoms with Crippen LogP contribution < -0.4 is 0 Å². The van der Waals surface area contributed by atoms with E-state index in [-0.39, 0.29) is 93.6 Å². The number of nitrogens with zero attached hydrogens (tertiary/aromatic N) is 2. The molecule has 0 saturated heterocycles. The van der Waals surface area contributed by atoms with E-state index in [1.54, 1.807) is 0 Å². The maximum atomic E-state index is 11.5. The Balaban J connectivity index is 5.80. The third kappa shape index (κ3) is 34.9. The molecule has 0 aliphatic rings. The maximum Gasteiger partial charge on any atom is 0.265 e. The molecule has 59 heavy (non-hydrogen) atoms. The van der Waals surface area contributed by atoms with E-state index in [2.05, 4.69) is 0 Å². The molecule has 0 spiro atoms. The van der Waals surface area contributed by atoms with Crippen molar-refractivity contribution in [3.8, 4) is 0 Å². The third-order valence-corrected chi connectivity index (χ3v) is 19.7. The van der Waals surface area contributed by atoms with E-state index in [9.17, 15) is 77.8 Å². The third-order valence-electron chi connectivity index (χ3n) is 9.93. The van der Waals surface area contributed by atoms with Crippen LogP contribution in [0.2, 0.25) is 38.3 Å². The Labute approximate surface area is 354 Å². The quantitative estimate of drug-likeness (QED) is 0.0224. The van der Waals surface area contributed by atoms with Crippen LogP contribution in [-0.4, -0.2) is 197 Å². The minimum absolute atomic E-state index is 0.0266. The van der Waals surface area contributed by atoms with Crippen LogP contribution in [0.1, 0.15) is 51.4 Å². The maximum absolute atomic E-state index is 11.5. The summed E-state index contributed by atoms with van der Waals surface area (Å²) in [5, 5.41) is 0. The molecule has 30 heteroatoms. The van der Waals surface area contributed by atoms with Crippen LogP contribution in [0.4, 0.5) is 0 Å². The van der Waals surface area contributed by atoms with Crippen molar-refractivity contribution < 1.29 is 95.6 Å². The van der Waals surface area contributed by atoms with Crippen LogP contribution in [0.15, 0.2) is 0 Å². The summed E-state index contributed by atoms with van der Waals surface area (Å²) >= 11 is 0. The van der Waals surface area contributed by atoms with Crippen molar-refractivity contribution in [2.75, 3.05) is 93.7 Å². The van der Waals surface area contributed by atoms with Gasteiger partial charge >= 0.3 is 0 Å². The van der Waals surface area contributed by atoms with Crippen molar-refractivity contribution in [2.45, 2.75) is 89.6 Å². The molecule has 0 rings (SSSR count). The topological polar surface area (TPSA) is 345 Å². The molecule has 0 aromatic heterocycles. The van der Waals surface area contributed by atoms with E-state index < -0.39 is 112 Å². The van der Waals surface area contributed by atoms with E-state index in [1.807, 2.05) is 26.2 Å². The summed E-state index contributed by atoms with van der Waals surface area (Å²) in [7, 11) is -30.9. The van der Waals surface area contributed by atoms with Crippen LogP contribution in [-0.2, 0) is 69.6 Å². The summed E-state index contributed by atoms with van der Waals surface area (Å²) in [5.41, 5.74) is 0. The van der Waals surface area contributed by atoms with Gasteiger partial charge in [-0.2, -0.15) is 50.5 Å². The Bertz CT molecular complexity index is 1620. The molecule has 0 aromatic rings. The van der Waals surface area contributed by atoms with Gasteiger partial charge in [0.1, 0.15) is 6.79 Å². The Morgan fingerprint density at radius 3 is 0.678 bits per heavy atom. The van der Waals surface area contributed by atoms with Crippen molar-refractivity contribution in [3.05, 3.63) is 0 Å². The molecule has 0 aromatic carbocycles. The van der Waals surface area contributed by atoms with Gasteiger partial charge in [-0.25, -0.2) is 0 Å². The van der Waals surface area contributed by atoms with Crippen molar-refractivity contribution in [3.63, 3.8) is 0 Å². The molecule has 6 N–H and O–H groups in total. The smallest absolute Gasteiger partial charge is 0.265 e. The number of rotatable bonds is 36. The number of hydrogen-bond donors (Lipinski definition) is 6. The first kappa shape index (κ1) is 58.7. The highest BCUT2D eigenvalue weighted by atomic mass is 32.2. The predicted octanol–water partition coefficient (Wildman–Crippen LogP) is 1.47. The highest BCUT2D eigenvalue weighted by Gasteiger charge is 2.34. The highest BCUT2D eigenvalue weighted by molar-refractivity contribution is 7.86. The van der Waals surface area contributed by atoms with Gasteiger partial charge in [-0.1, -0.05) is 0 Å². The second-order valence-electron chi connectivity index (χ2n) is 16.4. The molecule has 0 aliphatic heterocycles. The zero-order valence-corrected chi connectivity index (χ0v) is 41.3. The molecular weight excluding hydrogens is 945 g/mol. The summed E-state index contributed by atoms with van der Waals surface area (Å²) < 4.78 is 206. The molecule has 0 unspecified atom stereocenters. The lowest BCUT2D eigenvalue weighted by molar-refractivity contribution is -0.928. The van der Waals surface area contributed by atoms with Crippen LogP contribution >= 0.6 is 0 Å². The Morgan fingerprint density at radius 1 is 0.339 bits per heavy atom. The SMILES string of the molecule is C[Si](C)(CCC[N+](CCCS(=O)(=O)O)(CCCS(=O)(=O)O)CCCS(=O)(=O)O)OCO[Si](C)(C)CCC[N+](CCCS(=O)(=O)O)(CCCS(=O)(=O)O)CCCS(=O)(=O)O. The second-order valence-corrected chi connectivity index (χ2v) is 34.5. The summed E-state index contributed by atoms with van der Waals surface area (Å²) in [6, 6.07) is 1.09. The van der Waals surface area contributed by atoms with Crippen LogP contribution in [0.25, 0.3) is 0 Å². The van der Waals surface area contributed by atoms with Crippen molar-refractivity contribution in [1.82, 2.24) is 0 Å². The fourth-order valence-corrected chi connectivity index (χ4v) is 13.2. The van der Waals surface area contributed by atoms with Gasteiger partial charge in [0.05, 0.1) is 86.9 Å². The first-order valence-electron chi connectivity index (χ1n) is 19.1. The van der Waals surface area contributed by atoms with E-state index in [0.29, 0.717) is 38.0 Å². The van der Waals surface area contributed by atoms with Gasteiger partial charge in [0, 0.05) is 38.5 Å². The van der Waals surface area contributed by atoms with Gasteiger partial charge in [0.2, 0.25) is 0 Å². The molecule has 0 aliphatic carbocycles. The lowest BCUT2D eigenvalue weighted by Gasteiger charge is -2.40. The summed E-state index contributed by atoms with van der Waals surface area (Å²) in [6.45, 7) is 9.13. The standard InChI is InChI=1S/C29H66N2O20S6Si2/c1-58(2,27-11-19-30(13-5-21-52(32,33)34,14-6-22-53(35,36)37)15-7-23-54(38,39)40)50-29-51-59(3,4)28-12-20-31(16-8-24-55(41,42)43,17-9-25-56(44,45)46)18-10-26-57(47,48)49/h5-29H2,1-4H3,(H4-2,32,33,34,35,36,37,38,39,40,41,42,43,44,45,46,47,48,49)/p+2. The Hall–Kier alpha value is -0.266. The minimum atomic E-state index is -4.33. The first-order valence-corrected chi connectivity index (χ1v) is 34.9. The largest absolute Gasteiger partial charge is 0.396 e. The number of hydrogen-bond acceptors (Lipinski definition) is 14. The second kappa shape index (κ2) is 24.7. The Kier molecular flexibility index (Phi) is 24.6. The van der Waals surface area contributed by atoms with E-state index in [4.69, 9.17) is 8.85 Å². The summed E-state index contributed by atoms with van der Waals surface area (Å²) in [4.78, 5) is 0. The van der Waals surface area contributed by atoms with Gasteiger partial charge in [-0.3, -0.25) is 27.3 Å². The predicted molar refractivity (Wildman–Crippen MR) is 227 cm³/mol. The molecule has 0 saturated carbocycles. The van der Waals surface area contributed by atoms with E-state index in [0.717, 1.165) is 0 Å². The van der Waals surface area contributed by atoms with Gasteiger partial charge in [-0.05, 0) is 51.1 Å². The van der Waals surface area contributed by atoms with Crippen molar-refractivity contribution >= 4 is 77.3 Å². The molecule has 22 nitrogen and oxygen atoms in total. The summed E-state index contributed by atoms with van der Waals surface area (Å²) in [6.07, 6.45) is 0.805. The molecule has 0 bridgehead atoms. The fourth-order valence-electron chi connectivity index (χ4n) is 7.01. The van der Waals surface area contributed by atoms with E-state index >= 15 is 0 Å². The van der Waals surface area contributed by atoms with Crippen LogP contribution in [0.3, 0.4) is 0 Å². The van der Waals surface area contributed by atoms with Gasteiger partial charge < -0.3 is 17.8 Å². The van der Waals surface area contributed by atoms with E-state index in [1.165, 1.54) is 0 Å². The van der Waals surface area contributed by atoms with Crippen LogP contribution in [0, 0.1) is 0 Å². The monoisotopic (exact) mass is 1010 g/mol. The molecule has 0 atom stereocenters. The molecule has 0 fully saturated rings. The Morgan fingerprint density at radius 2 is 0.508 bits per heavy atom. The molecule has 0 heterocycles. The minimum Gasteiger partial charge on any atom is -0.396 e. The lowest BCUT2D eigenvalue weighted by atomic mass is 10.2. The average molecular weight is 1010 g/mol. The fraction of sp³-hybridized carbons (Fsp3) is 1.00. The number of quaternary nitrogens is 2. The normalized spacial score (nSPS) is 14.5. The highest BCUT2D eigenvalue weighted by Crippen LogP contribution is 2.23. The van der Waals surface area contributed by atoms with Crippen molar-refractivity contribution in [2.24, 2.45) is 0 Å². The summed E-state index contributed by atoms with van der Waals surface area (Å²) in [5.74, 6) is -3.50. The van der Waals surface area contributed by atoms with Gasteiger partial charge in [0.25, 0.3) is 60.7 Å². The zero-order chi connectivity index (χ0) is 46.1. The first-order chi connectivity index (χ1) is 26.4. The average Bonchev–Trinajstić information content (AvgIpc) is 2.96. The van der Waals surface area contributed by atoms with Crippen molar-refractivity contribution in [1.29, 1.82) is 0 Å². The lowest BCUT2D eigenvalue weighted by Crippen LogP contribution is -2.52.